The molecule has 0 aliphatic carbocycles. The lowest BCUT2D eigenvalue weighted by Crippen LogP contribution is -2.40. The average Bonchev–Trinajstić information content (AvgIpc) is 3.16. The summed E-state index contributed by atoms with van der Waals surface area (Å²) in [7, 11) is 0. The number of rotatable bonds is 4. The topological polar surface area (TPSA) is 84.8 Å². The van der Waals surface area contributed by atoms with Crippen molar-refractivity contribution in [2.45, 2.75) is 38.8 Å². The Morgan fingerprint density at radius 2 is 2.23 bits per heavy atom. The van der Waals surface area contributed by atoms with E-state index in [9.17, 15) is 0 Å². The van der Waals surface area contributed by atoms with Gasteiger partial charge >= 0.3 is 0 Å². The number of hydrogen-bond donors (Lipinski definition) is 1. The molecule has 22 heavy (non-hydrogen) atoms. The number of hydrogen-bond acceptors (Lipinski definition) is 6. The summed E-state index contributed by atoms with van der Waals surface area (Å²) in [6.07, 6.45) is 3.25. The van der Waals surface area contributed by atoms with Crippen molar-refractivity contribution >= 4 is 0 Å². The molecule has 0 spiro atoms. The Hall–Kier alpha value is -1.80. The Bertz CT molecular complexity index is 587. The Morgan fingerprint density at radius 3 is 2.91 bits per heavy atom. The molecule has 3 heterocycles. The van der Waals surface area contributed by atoms with Gasteiger partial charge in [0.1, 0.15) is 18.8 Å². The van der Waals surface area contributed by atoms with E-state index in [1.807, 2.05) is 4.68 Å². The van der Waals surface area contributed by atoms with E-state index >= 15 is 0 Å². The summed E-state index contributed by atoms with van der Waals surface area (Å²) in [5.74, 6) is 1.64. The molecule has 3 rings (SSSR count). The summed E-state index contributed by atoms with van der Waals surface area (Å²) in [6, 6.07) is 0. The maximum Gasteiger partial charge on any atom is 0.156 e. The van der Waals surface area contributed by atoms with Gasteiger partial charge in [0.05, 0.1) is 13.2 Å². The molecule has 0 amide bonds. The number of nitrogens with one attached hydrogen (secondary N) is 1. The molecule has 0 saturated carbocycles. The fraction of sp³-hybridized carbons (Fsp3) is 0.714. The van der Waals surface area contributed by atoms with E-state index in [1.54, 1.807) is 12.7 Å². The molecule has 2 aromatic heterocycles. The standard InChI is InChI=1S/C14H23N7O/c1-14(2,3)13-17-12(18-19-13)11-8-20(6-7-22-11)4-5-21-10-15-9-16-21/h9-11H,4-8H2,1-3H3,(H,17,18,19). The minimum absolute atomic E-state index is 0.0481. The van der Waals surface area contributed by atoms with Crippen molar-refractivity contribution in [3.63, 3.8) is 0 Å². The van der Waals surface area contributed by atoms with Crippen molar-refractivity contribution in [3.05, 3.63) is 24.3 Å². The van der Waals surface area contributed by atoms with Crippen molar-refractivity contribution < 1.29 is 4.74 Å². The summed E-state index contributed by atoms with van der Waals surface area (Å²) in [6.45, 7) is 10.5. The first-order valence-electron chi connectivity index (χ1n) is 7.61. The molecule has 0 radical (unpaired) electrons. The van der Waals surface area contributed by atoms with Crippen LogP contribution in [0.25, 0.3) is 0 Å². The van der Waals surface area contributed by atoms with Crippen LogP contribution in [0.1, 0.15) is 38.5 Å². The minimum atomic E-state index is -0.0593. The van der Waals surface area contributed by atoms with Gasteiger partial charge in [0.2, 0.25) is 0 Å². The van der Waals surface area contributed by atoms with Crippen molar-refractivity contribution in [2.75, 3.05) is 26.2 Å². The summed E-state index contributed by atoms with van der Waals surface area (Å²) in [5.41, 5.74) is -0.0593. The van der Waals surface area contributed by atoms with Crippen LogP contribution in [0.2, 0.25) is 0 Å². The van der Waals surface area contributed by atoms with Gasteiger partial charge < -0.3 is 4.74 Å². The Morgan fingerprint density at radius 1 is 1.36 bits per heavy atom. The third kappa shape index (κ3) is 3.50. The third-order valence-corrected chi connectivity index (χ3v) is 3.74. The van der Waals surface area contributed by atoms with Gasteiger partial charge in [-0.2, -0.15) is 10.2 Å². The maximum atomic E-state index is 5.85. The lowest BCUT2D eigenvalue weighted by molar-refractivity contribution is -0.0353. The molecule has 120 valence electrons. The van der Waals surface area contributed by atoms with Crippen molar-refractivity contribution in [2.24, 2.45) is 0 Å². The zero-order chi connectivity index (χ0) is 15.6. The van der Waals surface area contributed by atoms with E-state index in [0.29, 0.717) is 6.61 Å². The van der Waals surface area contributed by atoms with Gasteiger partial charge in [-0.1, -0.05) is 20.8 Å². The van der Waals surface area contributed by atoms with Gasteiger partial charge in [-0.25, -0.2) is 9.97 Å². The zero-order valence-corrected chi connectivity index (χ0v) is 13.4. The normalized spacial score (nSPS) is 20.4. The monoisotopic (exact) mass is 305 g/mol. The molecule has 0 bridgehead atoms. The second-order valence-corrected chi connectivity index (χ2v) is 6.61. The Labute approximate surface area is 129 Å². The van der Waals surface area contributed by atoms with Crippen LogP contribution in [0.3, 0.4) is 0 Å². The quantitative estimate of drug-likeness (QED) is 0.898. The van der Waals surface area contributed by atoms with E-state index in [0.717, 1.165) is 37.8 Å². The van der Waals surface area contributed by atoms with Crippen LogP contribution in [-0.4, -0.2) is 61.1 Å². The highest BCUT2D eigenvalue weighted by Crippen LogP contribution is 2.23. The summed E-state index contributed by atoms with van der Waals surface area (Å²) in [5, 5.41) is 11.5. The molecule has 8 nitrogen and oxygen atoms in total. The largest absolute Gasteiger partial charge is 0.368 e. The molecule has 8 heteroatoms. The highest BCUT2D eigenvalue weighted by molar-refractivity contribution is 5.04. The number of morpholine rings is 1. The van der Waals surface area contributed by atoms with Crippen LogP contribution in [-0.2, 0) is 16.7 Å². The van der Waals surface area contributed by atoms with Crippen molar-refractivity contribution in [3.8, 4) is 0 Å². The first-order valence-corrected chi connectivity index (χ1v) is 7.61. The highest BCUT2D eigenvalue weighted by Gasteiger charge is 2.27. The lowest BCUT2D eigenvalue weighted by Gasteiger charge is -2.31. The molecule has 1 N–H and O–H groups in total. The van der Waals surface area contributed by atoms with Crippen LogP contribution in [0.5, 0.6) is 0 Å². The molecule has 1 fully saturated rings. The van der Waals surface area contributed by atoms with Gasteiger partial charge in [-0.05, 0) is 0 Å². The van der Waals surface area contributed by atoms with Crippen molar-refractivity contribution in [1.29, 1.82) is 0 Å². The first-order chi connectivity index (χ1) is 10.5. The van der Waals surface area contributed by atoms with Crippen LogP contribution < -0.4 is 0 Å². The number of nitrogens with zero attached hydrogens (tertiary/aromatic N) is 6. The number of aromatic amines is 1. The SMILES string of the molecule is CC(C)(C)c1n[nH]c(C2CN(CCn3cncn3)CCO2)n1. The molecule has 1 unspecified atom stereocenters. The van der Waals surface area contributed by atoms with E-state index in [-0.39, 0.29) is 11.5 Å². The van der Waals surface area contributed by atoms with Gasteiger partial charge in [0, 0.05) is 25.0 Å². The smallest absolute Gasteiger partial charge is 0.156 e. The van der Waals surface area contributed by atoms with Gasteiger partial charge in [-0.3, -0.25) is 14.7 Å². The summed E-state index contributed by atoms with van der Waals surface area (Å²) < 4.78 is 7.69. The number of aromatic nitrogens is 6. The van der Waals surface area contributed by atoms with Crippen LogP contribution in [0.15, 0.2) is 12.7 Å². The molecular formula is C14H23N7O. The second kappa shape index (κ2) is 6.13. The van der Waals surface area contributed by atoms with Gasteiger partial charge in [0.25, 0.3) is 0 Å². The predicted octanol–water partition coefficient (Wildman–Crippen LogP) is 0.767. The highest BCUT2D eigenvalue weighted by atomic mass is 16.5. The number of H-pyrrole nitrogens is 1. The van der Waals surface area contributed by atoms with Crippen LogP contribution in [0.4, 0.5) is 0 Å². The Balaban J connectivity index is 1.59. The van der Waals surface area contributed by atoms with Crippen LogP contribution in [0, 0.1) is 0 Å². The Kier molecular flexibility index (Phi) is 4.21. The zero-order valence-electron chi connectivity index (χ0n) is 13.4. The fourth-order valence-electron chi connectivity index (χ4n) is 2.42. The molecule has 0 aromatic carbocycles. The summed E-state index contributed by atoms with van der Waals surface area (Å²) in [4.78, 5) is 10.9. The van der Waals surface area contributed by atoms with Gasteiger partial charge in [-0.15, -0.1) is 0 Å². The molecular weight excluding hydrogens is 282 g/mol. The molecule has 1 aliphatic heterocycles. The number of ether oxygens (including phenoxy) is 1. The van der Waals surface area contributed by atoms with Crippen LogP contribution >= 0.6 is 0 Å². The molecule has 1 saturated heterocycles. The molecule has 1 atom stereocenters. The minimum Gasteiger partial charge on any atom is -0.368 e. The maximum absolute atomic E-state index is 5.85. The third-order valence-electron chi connectivity index (χ3n) is 3.74. The average molecular weight is 305 g/mol. The summed E-state index contributed by atoms with van der Waals surface area (Å²) >= 11 is 0. The lowest BCUT2D eigenvalue weighted by atomic mass is 9.96. The van der Waals surface area contributed by atoms with Gasteiger partial charge in [0.15, 0.2) is 11.6 Å². The predicted molar refractivity (Wildman–Crippen MR) is 80.2 cm³/mol. The van der Waals surface area contributed by atoms with Crippen molar-refractivity contribution in [1.82, 2.24) is 34.8 Å². The van der Waals surface area contributed by atoms with E-state index < -0.39 is 0 Å². The van der Waals surface area contributed by atoms with E-state index in [4.69, 9.17) is 4.74 Å². The molecule has 1 aliphatic rings. The van der Waals surface area contributed by atoms with E-state index in [1.165, 1.54) is 0 Å². The fourth-order valence-corrected chi connectivity index (χ4v) is 2.42. The molecule has 2 aromatic rings. The first kappa shape index (κ1) is 15.1. The second-order valence-electron chi connectivity index (χ2n) is 6.61. The van der Waals surface area contributed by atoms with E-state index in [2.05, 4.69) is 50.9 Å².